The number of ketones is 1. The zero-order valence-electron chi connectivity index (χ0n) is 23.6. The Morgan fingerprint density at radius 2 is 1.42 bits per heavy atom. The van der Waals surface area contributed by atoms with Gasteiger partial charge in [-0.2, -0.15) is 5.06 Å². The molecule has 0 radical (unpaired) electrons. The second kappa shape index (κ2) is 18.5. The van der Waals surface area contributed by atoms with E-state index in [-0.39, 0.29) is 50.8 Å². The van der Waals surface area contributed by atoms with E-state index in [1.807, 2.05) is 60.7 Å². The van der Waals surface area contributed by atoms with Gasteiger partial charge in [0.15, 0.2) is 5.78 Å². The van der Waals surface area contributed by atoms with Crippen LogP contribution in [-0.2, 0) is 32.3 Å². The van der Waals surface area contributed by atoms with Crippen molar-refractivity contribution < 1.29 is 29.1 Å². The smallest absolute Gasteiger partial charge is 0.410 e. The van der Waals surface area contributed by atoms with E-state index in [4.69, 9.17) is 32.7 Å². The highest BCUT2D eigenvalue weighted by Crippen LogP contribution is 2.29. The number of hydroxylamine groups is 2. The molecule has 10 heteroatoms. The molecule has 0 spiro atoms. The van der Waals surface area contributed by atoms with Crippen LogP contribution in [-0.4, -0.2) is 58.2 Å². The van der Waals surface area contributed by atoms with Gasteiger partial charge >= 0.3 is 12.1 Å². The number of nitrogens with zero attached hydrogens (tertiary/aromatic N) is 2. The topological polar surface area (TPSA) is 96.4 Å². The van der Waals surface area contributed by atoms with Gasteiger partial charge in [0.2, 0.25) is 0 Å². The van der Waals surface area contributed by atoms with Crippen LogP contribution in [0.25, 0.3) is 0 Å². The second-order valence-electron chi connectivity index (χ2n) is 10.3. The number of piperidine rings is 2. The zero-order chi connectivity index (χ0) is 30.5. The molecule has 2 aliphatic heterocycles. The molecule has 4 rings (SSSR count). The first-order valence-corrected chi connectivity index (χ1v) is 14.7. The third-order valence-corrected chi connectivity index (χ3v) is 7.44. The monoisotopic (exact) mass is 632 g/mol. The van der Waals surface area contributed by atoms with Gasteiger partial charge in [-0.05, 0) is 30.4 Å². The Hall–Kier alpha value is -3.17. The Morgan fingerprint density at radius 1 is 0.860 bits per heavy atom. The quantitative estimate of drug-likeness (QED) is 0.286. The molecular weight excluding hydrogens is 591 g/mol. The van der Waals surface area contributed by atoms with Crippen LogP contribution in [0.5, 0.6) is 0 Å². The van der Waals surface area contributed by atoms with E-state index in [9.17, 15) is 19.6 Å². The van der Waals surface area contributed by atoms with Gasteiger partial charge in [-0.15, -0.1) is 0 Å². The molecule has 2 aromatic carbocycles. The maximum absolute atomic E-state index is 12.3. The second-order valence-corrected chi connectivity index (χ2v) is 11.4. The number of esters is 1. The predicted octanol–water partition coefficient (Wildman–Crippen LogP) is 7.48. The van der Waals surface area contributed by atoms with Crippen molar-refractivity contribution in [1.29, 1.82) is 0 Å². The summed E-state index contributed by atoms with van der Waals surface area (Å²) >= 11 is 11.6. The summed E-state index contributed by atoms with van der Waals surface area (Å²) in [6.07, 6.45) is 2.76. The molecule has 234 valence electrons. The lowest BCUT2D eigenvalue weighted by Crippen LogP contribution is -2.49. The Labute approximate surface area is 264 Å². The summed E-state index contributed by atoms with van der Waals surface area (Å²) in [5.41, 5.74) is 1.85. The van der Waals surface area contributed by atoms with Crippen LogP contribution in [0.15, 0.2) is 83.9 Å². The number of rotatable bonds is 9. The zero-order valence-corrected chi connectivity index (χ0v) is 25.1. The number of likely N-dealkylation sites (tertiary alicyclic amines) is 1. The first kappa shape index (κ1) is 36.0. The lowest BCUT2D eigenvalue weighted by Gasteiger charge is -2.36. The van der Waals surface area contributed by atoms with Crippen LogP contribution in [0.3, 0.4) is 0 Å². The summed E-state index contributed by atoms with van der Waals surface area (Å²) in [5, 5.41) is 11.9. The molecule has 0 aliphatic carbocycles. The van der Waals surface area contributed by atoms with Gasteiger partial charge in [-0.1, -0.05) is 104 Å². The molecule has 8 nitrogen and oxygen atoms in total. The van der Waals surface area contributed by atoms with E-state index in [2.05, 4.69) is 13.2 Å². The molecule has 1 amide bonds. The summed E-state index contributed by atoms with van der Waals surface area (Å²) in [7, 11) is 0. The van der Waals surface area contributed by atoms with E-state index < -0.39 is 12.1 Å². The molecule has 1 N–H and O–H groups in total. The van der Waals surface area contributed by atoms with Crippen LogP contribution in [0, 0.1) is 5.92 Å². The average molecular weight is 634 g/mol. The normalized spacial score (nSPS) is 20.1. The molecule has 2 heterocycles. The number of carbonyl (C=O) groups excluding carboxylic acids is 3. The molecular formula is C33H42Cl2N2O6. The third-order valence-electron chi connectivity index (χ3n) is 7.13. The van der Waals surface area contributed by atoms with Crippen LogP contribution in [0.2, 0.25) is 0 Å². The van der Waals surface area contributed by atoms with E-state index >= 15 is 0 Å². The number of halogens is 2. The Kier molecular flexibility index (Phi) is 15.5. The third kappa shape index (κ3) is 11.8. The molecule has 2 saturated heterocycles. The average Bonchev–Trinajstić information content (AvgIpc) is 2.98. The molecule has 3 atom stereocenters. The lowest BCUT2D eigenvalue weighted by molar-refractivity contribution is -0.181. The van der Waals surface area contributed by atoms with E-state index in [0.717, 1.165) is 17.5 Å². The van der Waals surface area contributed by atoms with Crippen molar-refractivity contribution in [2.24, 2.45) is 5.92 Å². The molecule has 0 aromatic heterocycles. The number of ether oxygens (including phenoxy) is 2. The number of Topliss-reactive ketones (excluding diaryl/α,β-unsaturated/α-hetero) is 1. The van der Waals surface area contributed by atoms with Crippen LogP contribution in [0.4, 0.5) is 4.79 Å². The fourth-order valence-electron chi connectivity index (χ4n) is 5.00. The molecule has 0 saturated carbocycles. The van der Waals surface area contributed by atoms with Crippen molar-refractivity contribution in [1.82, 2.24) is 9.96 Å². The highest BCUT2D eigenvalue weighted by molar-refractivity contribution is 6.29. The van der Waals surface area contributed by atoms with E-state index in [1.165, 1.54) is 9.96 Å². The number of amides is 1. The summed E-state index contributed by atoms with van der Waals surface area (Å²) in [5.74, 6) is -0.650. The molecule has 2 aromatic rings. The first-order chi connectivity index (χ1) is 20.2. The maximum Gasteiger partial charge on any atom is 0.410 e. The minimum atomic E-state index is -0.549. The molecule has 2 aliphatic rings. The largest absolute Gasteiger partial charge is 0.461 e. The minimum Gasteiger partial charge on any atom is -0.461 e. The maximum atomic E-state index is 12.3. The Bertz CT molecular complexity index is 1210. The summed E-state index contributed by atoms with van der Waals surface area (Å²) in [6.45, 7) is 8.74. The predicted molar refractivity (Wildman–Crippen MR) is 169 cm³/mol. The van der Waals surface area contributed by atoms with Gasteiger partial charge in [0.25, 0.3) is 0 Å². The van der Waals surface area contributed by atoms with Crippen LogP contribution >= 0.6 is 23.2 Å². The van der Waals surface area contributed by atoms with Crippen molar-refractivity contribution in [2.45, 2.75) is 71.2 Å². The van der Waals surface area contributed by atoms with E-state index in [1.54, 1.807) is 0 Å². The van der Waals surface area contributed by atoms with E-state index in [0.29, 0.717) is 48.8 Å². The Balaban J connectivity index is 0.000000293. The fourth-order valence-corrected chi connectivity index (χ4v) is 5.30. The van der Waals surface area contributed by atoms with Gasteiger partial charge in [-0.3, -0.25) is 14.5 Å². The fraction of sp³-hybridized carbons (Fsp3) is 0.424. The number of carbonyl (C=O) groups is 3. The number of hydrogen-bond acceptors (Lipinski definition) is 7. The van der Waals surface area contributed by atoms with Crippen molar-refractivity contribution in [3.63, 3.8) is 0 Å². The van der Waals surface area contributed by atoms with Crippen molar-refractivity contribution in [2.75, 3.05) is 13.1 Å². The number of hydrogen-bond donors (Lipinski definition) is 1. The van der Waals surface area contributed by atoms with Gasteiger partial charge in [0, 0.05) is 42.4 Å². The summed E-state index contributed by atoms with van der Waals surface area (Å²) in [6, 6.07) is 18.1. The highest BCUT2D eigenvalue weighted by Gasteiger charge is 2.37. The van der Waals surface area contributed by atoms with Crippen molar-refractivity contribution in [3.05, 3.63) is 95.0 Å². The van der Waals surface area contributed by atoms with Crippen molar-refractivity contribution >= 4 is 41.0 Å². The van der Waals surface area contributed by atoms with Crippen LogP contribution in [0.1, 0.15) is 57.1 Å². The first-order valence-electron chi connectivity index (χ1n) is 14.0. The lowest BCUT2D eigenvalue weighted by atomic mass is 9.88. The minimum absolute atomic E-state index is 0. The molecule has 0 bridgehead atoms. The Morgan fingerprint density at radius 3 is 1.98 bits per heavy atom. The van der Waals surface area contributed by atoms with Gasteiger partial charge in [-0.25, -0.2) is 4.79 Å². The molecule has 2 fully saturated rings. The van der Waals surface area contributed by atoms with Crippen molar-refractivity contribution in [3.8, 4) is 0 Å². The van der Waals surface area contributed by atoms with Gasteiger partial charge < -0.3 is 14.7 Å². The summed E-state index contributed by atoms with van der Waals surface area (Å²) in [4.78, 5) is 37.9. The molecule has 1 unspecified atom stereocenters. The summed E-state index contributed by atoms with van der Waals surface area (Å²) < 4.78 is 10.7. The number of benzene rings is 2. The van der Waals surface area contributed by atoms with Gasteiger partial charge in [0.1, 0.15) is 13.2 Å². The standard InChI is InChI=1S/C16H18ClNO3.C16H20ClNO3.CH4/c1-12(17)10-14-15(19)8-5-9-18(14)16(20)21-11-13-6-3-2-4-7-13;1-12(17)10-15-14(8-5-9-18(15)20)16(19)21-11-13-6-3-2-4-7-13;/h2-4,6-7,14H,1,5,8-11H2;2-4,6-7,14-15,20H,1,5,8-11H2;1H4/t;14-,15-;/m.1./s1. The van der Waals surface area contributed by atoms with Gasteiger partial charge in [0.05, 0.1) is 18.0 Å². The van der Waals surface area contributed by atoms with Crippen LogP contribution < -0.4 is 0 Å². The SMILES string of the molecule is C.C=C(Cl)CC1C(=O)CCCN1C(=O)OCc1ccccc1.C=C(Cl)C[C@@H]1[C@H](C(=O)OCc2ccccc2)CCCN1O. The molecule has 43 heavy (non-hydrogen) atoms. The highest BCUT2D eigenvalue weighted by atomic mass is 35.5.